The highest BCUT2D eigenvalue weighted by molar-refractivity contribution is 5.78. The molecule has 2 atom stereocenters. The zero-order valence-electron chi connectivity index (χ0n) is 9.47. The average molecular weight is 220 g/mol. The van der Waals surface area contributed by atoms with E-state index in [4.69, 9.17) is 19.7 Å². The van der Waals surface area contributed by atoms with Crippen molar-refractivity contribution in [1.82, 2.24) is 0 Å². The van der Waals surface area contributed by atoms with Crippen molar-refractivity contribution < 1.29 is 24.5 Å². The Hall–Kier alpha value is -0.910. The van der Waals surface area contributed by atoms with Crippen molar-refractivity contribution in [3.8, 4) is 0 Å². The van der Waals surface area contributed by atoms with E-state index in [1.807, 2.05) is 13.8 Å². The molecule has 5 nitrogen and oxygen atoms in total. The Morgan fingerprint density at radius 2 is 1.93 bits per heavy atom. The molecule has 0 saturated heterocycles. The Bertz CT molecular complexity index is 159. The van der Waals surface area contributed by atoms with Crippen molar-refractivity contribution in [1.29, 1.82) is 0 Å². The second-order valence-corrected chi connectivity index (χ2v) is 2.92. The van der Waals surface area contributed by atoms with Crippen molar-refractivity contribution in [3.05, 3.63) is 12.7 Å². The zero-order chi connectivity index (χ0) is 12.3. The minimum atomic E-state index is -0.981. The highest BCUT2D eigenvalue weighted by Crippen LogP contribution is 1.93. The summed E-state index contributed by atoms with van der Waals surface area (Å²) in [4.78, 5) is 9.25. The molecular formula is C10H20O5. The molecule has 0 aliphatic rings. The number of hydrogen-bond donors (Lipinski definition) is 2. The molecule has 0 saturated carbocycles. The molecule has 0 radical (unpaired) electrons. The number of methoxy groups -OCH3 is 1. The maximum absolute atomic E-state index is 9.25. The molecule has 0 fully saturated rings. The smallest absolute Gasteiger partial charge is 0.327 e. The monoisotopic (exact) mass is 220 g/mol. The standard InChI is InChI=1S/C7H16O3.C3H4O2/c1-6(4-8)10-5-7(2)9-3;1-2-3(4)5/h6-8H,4-5H2,1-3H3;2H,1H2,(H,4,5). The number of aliphatic hydroxyl groups excluding tert-OH is 1. The first-order chi connectivity index (χ1) is 6.97. The van der Waals surface area contributed by atoms with Crippen LogP contribution in [-0.4, -0.2) is 48.7 Å². The van der Waals surface area contributed by atoms with Crippen molar-refractivity contribution in [2.75, 3.05) is 20.3 Å². The number of aliphatic carboxylic acids is 1. The highest BCUT2D eigenvalue weighted by Gasteiger charge is 2.03. The number of ether oxygens (including phenoxy) is 2. The second-order valence-electron chi connectivity index (χ2n) is 2.92. The third-order valence-corrected chi connectivity index (χ3v) is 1.45. The topological polar surface area (TPSA) is 76.0 Å². The molecule has 2 N–H and O–H groups in total. The molecule has 5 heteroatoms. The minimum Gasteiger partial charge on any atom is -0.478 e. The molecular weight excluding hydrogens is 200 g/mol. The van der Waals surface area contributed by atoms with Crippen LogP contribution in [0.5, 0.6) is 0 Å². The van der Waals surface area contributed by atoms with Crippen molar-refractivity contribution >= 4 is 5.97 Å². The summed E-state index contributed by atoms with van der Waals surface area (Å²) in [6.07, 6.45) is 0.853. The fourth-order valence-electron chi connectivity index (χ4n) is 0.421. The van der Waals surface area contributed by atoms with Crippen LogP contribution >= 0.6 is 0 Å². The summed E-state index contributed by atoms with van der Waals surface area (Å²) in [5.41, 5.74) is 0. The molecule has 0 amide bonds. The SMILES string of the molecule is C=CC(=O)O.COC(C)COC(C)CO. The quantitative estimate of drug-likeness (QED) is 0.644. The third kappa shape index (κ3) is 15.8. The van der Waals surface area contributed by atoms with Crippen LogP contribution in [0.3, 0.4) is 0 Å². The van der Waals surface area contributed by atoms with Crippen LogP contribution in [-0.2, 0) is 14.3 Å². The van der Waals surface area contributed by atoms with Gasteiger partial charge in [0.1, 0.15) is 0 Å². The van der Waals surface area contributed by atoms with Gasteiger partial charge in [0.15, 0.2) is 0 Å². The molecule has 15 heavy (non-hydrogen) atoms. The summed E-state index contributed by atoms with van der Waals surface area (Å²) in [6, 6.07) is 0. The first-order valence-corrected chi connectivity index (χ1v) is 4.58. The lowest BCUT2D eigenvalue weighted by atomic mass is 10.4. The lowest BCUT2D eigenvalue weighted by Gasteiger charge is -2.13. The molecule has 0 rings (SSSR count). The Morgan fingerprint density at radius 3 is 2.20 bits per heavy atom. The van der Waals surface area contributed by atoms with Gasteiger partial charge in [0.25, 0.3) is 0 Å². The van der Waals surface area contributed by atoms with Gasteiger partial charge in [-0.05, 0) is 13.8 Å². The molecule has 0 aromatic heterocycles. The Morgan fingerprint density at radius 1 is 1.47 bits per heavy atom. The van der Waals surface area contributed by atoms with E-state index in [1.54, 1.807) is 7.11 Å². The highest BCUT2D eigenvalue weighted by atomic mass is 16.5. The number of rotatable bonds is 6. The average Bonchev–Trinajstić information content (AvgIpc) is 2.25. The van der Waals surface area contributed by atoms with Crippen LogP contribution in [0.2, 0.25) is 0 Å². The first kappa shape index (κ1) is 16.5. The predicted molar refractivity (Wildman–Crippen MR) is 56.8 cm³/mol. The van der Waals surface area contributed by atoms with Gasteiger partial charge >= 0.3 is 5.97 Å². The number of carboxylic acid groups (broad SMARTS) is 1. The number of carbonyl (C=O) groups is 1. The fourth-order valence-corrected chi connectivity index (χ4v) is 0.421. The van der Waals surface area contributed by atoms with Gasteiger partial charge in [-0.1, -0.05) is 6.58 Å². The van der Waals surface area contributed by atoms with Gasteiger partial charge in [0.2, 0.25) is 0 Å². The van der Waals surface area contributed by atoms with Crippen LogP contribution in [0, 0.1) is 0 Å². The fraction of sp³-hybridized carbons (Fsp3) is 0.700. The normalized spacial score (nSPS) is 13.3. The van der Waals surface area contributed by atoms with Crippen LogP contribution in [0.25, 0.3) is 0 Å². The van der Waals surface area contributed by atoms with E-state index >= 15 is 0 Å². The van der Waals surface area contributed by atoms with E-state index < -0.39 is 5.97 Å². The van der Waals surface area contributed by atoms with Crippen molar-refractivity contribution in [3.63, 3.8) is 0 Å². The van der Waals surface area contributed by atoms with Gasteiger partial charge in [-0.15, -0.1) is 0 Å². The Kier molecular flexibility index (Phi) is 12.3. The largest absolute Gasteiger partial charge is 0.478 e. The van der Waals surface area contributed by atoms with Crippen LogP contribution in [0.4, 0.5) is 0 Å². The number of carboxylic acids is 1. The Labute approximate surface area is 90.3 Å². The van der Waals surface area contributed by atoms with Crippen LogP contribution in [0.15, 0.2) is 12.7 Å². The second kappa shape index (κ2) is 11.2. The van der Waals surface area contributed by atoms with Crippen molar-refractivity contribution in [2.45, 2.75) is 26.1 Å². The van der Waals surface area contributed by atoms with Gasteiger partial charge in [-0.3, -0.25) is 0 Å². The lowest BCUT2D eigenvalue weighted by Crippen LogP contribution is -2.21. The van der Waals surface area contributed by atoms with Crippen molar-refractivity contribution in [2.24, 2.45) is 0 Å². The summed E-state index contributed by atoms with van der Waals surface area (Å²) in [5.74, 6) is -0.981. The molecule has 0 aliphatic carbocycles. The maximum Gasteiger partial charge on any atom is 0.327 e. The van der Waals surface area contributed by atoms with E-state index in [9.17, 15) is 4.79 Å². The van der Waals surface area contributed by atoms with Gasteiger partial charge < -0.3 is 19.7 Å². The van der Waals surface area contributed by atoms with Gasteiger partial charge in [0.05, 0.1) is 25.4 Å². The van der Waals surface area contributed by atoms with E-state index in [-0.39, 0.29) is 18.8 Å². The van der Waals surface area contributed by atoms with E-state index in [1.165, 1.54) is 0 Å². The first-order valence-electron chi connectivity index (χ1n) is 4.58. The number of hydrogen-bond acceptors (Lipinski definition) is 4. The van der Waals surface area contributed by atoms with E-state index in [0.717, 1.165) is 6.08 Å². The maximum atomic E-state index is 9.25. The third-order valence-electron chi connectivity index (χ3n) is 1.45. The number of aliphatic hydroxyl groups is 1. The van der Waals surface area contributed by atoms with Crippen LogP contribution < -0.4 is 0 Å². The zero-order valence-corrected chi connectivity index (χ0v) is 9.47. The molecule has 0 spiro atoms. The van der Waals surface area contributed by atoms with Gasteiger partial charge in [-0.2, -0.15) is 0 Å². The predicted octanol–water partition coefficient (Wildman–Crippen LogP) is 0.676. The molecule has 0 heterocycles. The molecule has 2 unspecified atom stereocenters. The molecule has 0 bridgehead atoms. The summed E-state index contributed by atoms with van der Waals surface area (Å²) >= 11 is 0. The summed E-state index contributed by atoms with van der Waals surface area (Å²) in [5, 5.41) is 16.2. The summed E-state index contributed by atoms with van der Waals surface area (Å²) in [6.45, 7) is 7.31. The molecule has 90 valence electrons. The summed E-state index contributed by atoms with van der Waals surface area (Å²) < 4.78 is 10.1. The summed E-state index contributed by atoms with van der Waals surface area (Å²) in [7, 11) is 1.64. The van der Waals surface area contributed by atoms with E-state index in [0.29, 0.717) is 6.61 Å². The van der Waals surface area contributed by atoms with Crippen LogP contribution in [0.1, 0.15) is 13.8 Å². The van der Waals surface area contributed by atoms with E-state index in [2.05, 4.69) is 6.58 Å². The van der Waals surface area contributed by atoms with Gasteiger partial charge in [0, 0.05) is 13.2 Å². The van der Waals surface area contributed by atoms with Gasteiger partial charge in [-0.25, -0.2) is 4.79 Å². The lowest BCUT2D eigenvalue weighted by molar-refractivity contribution is -0.131. The molecule has 0 aromatic carbocycles. The minimum absolute atomic E-state index is 0.0659. The molecule has 0 aliphatic heterocycles. The Balaban J connectivity index is 0. The molecule has 0 aromatic rings.